The van der Waals surface area contributed by atoms with Crippen molar-refractivity contribution < 1.29 is 13.9 Å². The molecular formula is C12H8N4O4. The van der Waals surface area contributed by atoms with Crippen LogP contribution in [0.3, 0.4) is 0 Å². The minimum Gasteiger partial charge on any atom is -0.472 e. The summed E-state index contributed by atoms with van der Waals surface area (Å²) in [6, 6.07) is 5.73. The fraction of sp³-hybridized carbons (Fsp3) is 0. The molecule has 0 fully saturated rings. The van der Waals surface area contributed by atoms with E-state index in [0.717, 1.165) is 0 Å². The van der Waals surface area contributed by atoms with Crippen LogP contribution in [0.2, 0.25) is 0 Å². The van der Waals surface area contributed by atoms with Gasteiger partial charge in [-0.2, -0.15) is 4.98 Å². The lowest BCUT2D eigenvalue weighted by atomic mass is 10.1. The summed E-state index contributed by atoms with van der Waals surface area (Å²) in [6.07, 6.45) is 2.97. The molecule has 0 aliphatic heterocycles. The van der Waals surface area contributed by atoms with Gasteiger partial charge in [0.25, 0.3) is 11.6 Å². The minimum atomic E-state index is -0.523. The molecule has 0 saturated carbocycles. The highest BCUT2D eigenvalue weighted by atomic mass is 16.6. The molecule has 0 amide bonds. The van der Waals surface area contributed by atoms with E-state index in [2.05, 4.69) is 10.1 Å². The van der Waals surface area contributed by atoms with Crippen molar-refractivity contribution in [3.05, 3.63) is 46.9 Å². The Labute approximate surface area is 112 Å². The summed E-state index contributed by atoms with van der Waals surface area (Å²) < 4.78 is 10.0. The van der Waals surface area contributed by atoms with Crippen molar-refractivity contribution in [3.8, 4) is 22.8 Å². The van der Waals surface area contributed by atoms with Crippen molar-refractivity contribution in [1.29, 1.82) is 0 Å². The normalized spacial score (nSPS) is 10.6. The van der Waals surface area contributed by atoms with Gasteiger partial charge >= 0.3 is 0 Å². The predicted octanol–water partition coefficient (Wildman–Crippen LogP) is 2.49. The average molecular weight is 272 g/mol. The first kappa shape index (κ1) is 11.9. The van der Waals surface area contributed by atoms with Crippen LogP contribution in [0, 0.1) is 10.1 Å². The van der Waals surface area contributed by atoms with Gasteiger partial charge in [0.15, 0.2) is 0 Å². The topological polar surface area (TPSA) is 121 Å². The van der Waals surface area contributed by atoms with Gasteiger partial charge in [-0.1, -0.05) is 5.16 Å². The Morgan fingerprint density at radius 1 is 1.30 bits per heavy atom. The maximum Gasteiger partial charge on any atom is 0.271 e. The second kappa shape index (κ2) is 4.50. The first-order chi connectivity index (χ1) is 9.65. The van der Waals surface area contributed by atoms with Gasteiger partial charge in [0.1, 0.15) is 6.26 Å². The van der Waals surface area contributed by atoms with Crippen molar-refractivity contribution in [2.75, 3.05) is 5.73 Å². The number of nitro groups is 1. The summed E-state index contributed by atoms with van der Waals surface area (Å²) in [5, 5.41) is 14.4. The Morgan fingerprint density at radius 3 is 2.80 bits per heavy atom. The van der Waals surface area contributed by atoms with Crippen LogP contribution in [0.1, 0.15) is 0 Å². The number of benzene rings is 1. The molecule has 8 heteroatoms. The van der Waals surface area contributed by atoms with Crippen LogP contribution >= 0.6 is 0 Å². The fourth-order valence-electron chi connectivity index (χ4n) is 1.70. The maximum atomic E-state index is 10.6. The van der Waals surface area contributed by atoms with Gasteiger partial charge in [0.05, 0.1) is 28.0 Å². The van der Waals surface area contributed by atoms with Crippen molar-refractivity contribution in [3.63, 3.8) is 0 Å². The molecule has 0 aliphatic rings. The van der Waals surface area contributed by atoms with Crippen LogP contribution in [-0.4, -0.2) is 15.1 Å². The highest BCUT2D eigenvalue weighted by Gasteiger charge is 2.16. The number of hydrogen-bond donors (Lipinski definition) is 1. The van der Waals surface area contributed by atoms with Crippen molar-refractivity contribution in [1.82, 2.24) is 10.1 Å². The van der Waals surface area contributed by atoms with Gasteiger partial charge in [0.2, 0.25) is 5.82 Å². The molecule has 3 aromatic rings. The third-order valence-corrected chi connectivity index (χ3v) is 2.68. The van der Waals surface area contributed by atoms with E-state index in [-0.39, 0.29) is 17.3 Å². The molecule has 0 spiro atoms. The lowest BCUT2D eigenvalue weighted by Gasteiger charge is -1.99. The molecule has 0 aliphatic carbocycles. The number of rotatable bonds is 3. The van der Waals surface area contributed by atoms with Crippen molar-refractivity contribution in [2.45, 2.75) is 0 Å². The summed E-state index contributed by atoms with van der Waals surface area (Å²) in [4.78, 5) is 14.3. The van der Waals surface area contributed by atoms with E-state index in [0.29, 0.717) is 17.0 Å². The van der Waals surface area contributed by atoms with Gasteiger partial charge in [-0.15, -0.1) is 0 Å². The molecule has 0 saturated heterocycles. The molecule has 20 heavy (non-hydrogen) atoms. The average Bonchev–Trinajstić information content (AvgIpc) is 3.09. The molecular weight excluding hydrogens is 264 g/mol. The van der Waals surface area contributed by atoms with Gasteiger partial charge in [0, 0.05) is 12.1 Å². The first-order valence-corrected chi connectivity index (χ1v) is 5.56. The lowest BCUT2D eigenvalue weighted by Crippen LogP contribution is -1.94. The van der Waals surface area contributed by atoms with E-state index >= 15 is 0 Å². The van der Waals surface area contributed by atoms with Crippen molar-refractivity contribution in [2.24, 2.45) is 0 Å². The predicted molar refractivity (Wildman–Crippen MR) is 68.5 cm³/mol. The van der Waals surface area contributed by atoms with Gasteiger partial charge in [-0.05, 0) is 12.1 Å². The number of hydrogen-bond acceptors (Lipinski definition) is 7. The number of nitro benzene ring substituents is 1. The van der Waals surface area contributed by atoms with Crippen LogP contribution in [-0.2, 0) is 0 Å². The zero-order valence-electron chi connectivity index (χ0n) is 10.0. The fourth-order valence-corrected chi connectivity index (χ4v) is 1.70. The van der Waals surface area contributed by atoms with E-state index in [1.54, 1.807) is 6.07 Å². The maximum absolute atomic E-state index is 10.6. The van der Waals surface area contributed by atoms with Gasteiger partial charge in [-0.25, -0.2) is 0 Å². The molecule has 0 radical (unpaired) electrons. The minimum absolute atomic E-state index is 0.0965. The van der Waals surface area contributed by atoms with Gasteiger partial charge in [-0.3, -0.25) is 10.1 Å². The van der Waals surface area contributed by atoms with Crippen molar-refractivity contribution >= 4 is 11.4 Å². The quantitative estimate of drug-likeness (QED) is 0.441. The number of nitrogens with zero attached hydrogens (tertiary/aromatic N) is 3. The zero-order valence-corrected chi connectivity index (χ0v) is 10.0. The number of aromatic nitrogens is 2. The van der Waals surface area contributed by atoms with Crippen LogP contribution < -0.4 is 5.73 Å². The molecule has 2 N–H and O–H groups in total. The van der Waals surface area contributed by atoms with Crippen LogP contribution in [0.5, 0.6) is 0 Å². The lowest BCUT2D eigenvalue weighted by molar-refractivity contribution is -0.384. The summed E-state index contributed by atoms with van der Waals surface area (Å²) >= 11 is 0. The Hall–Kier alpha value is -3.16. The molecule has 8 nitrogen and oxygen atoms in total. The Morgan fingerprint density at radius 2 is 2.15 bits per heavy atom. The molecule has 100 valence electrons. The highest BCUT2D eigenvalue weighted by molar-refractivity contribution is 5.73. The molecule has 2 heterocycles. The molecule has 0 atom stereocenters. The third-order valence-electron chi connectivity index (χ3n) is 2.68. The highest BCUT2D eigenvalue weighted by Crippen LogP contribution is 2.29. The summed E-state index contributed by atoms with van der Waals surface area (Å²) in [7, 11) is 0. The van der Waals surface area contributed by atoms with E-state index in [4.69, 9.17) is 14.7 Å². The third kappa shape index (κ3) is 1.99. The molecule has 2 aromatic heterocycles. The van der Waals surface area contributed by atoms with E-state index in [1.807, 2.05) is 0 Å². The molecule has 1 aromatic carbocycles. The zero-order chi connectivity index (χ0) is 14.1. The number of nitrogens with two attached hydrogens (primary N) is 1. The van der Waals surface area contributed by atoms with Gasteiger partial charge < -0.3 is 14.7 Å². The summed E-state index contributed by atoms with van der Waals surface area (Å²) in [5.41, 5.74) is 6.98. The van der Waals surface area contributed by atoms with Crippen LogP contribution in [0.25, 0.3) is 22.8 Å². The Balaban J connectivity index is 1.99. The van der Waals surface area contributed by atoms with Crippen LogP contribution in [0.15, 0.2) is 45.7 Å². The van der Waals surface area contributed by atoms with E-state index in [1.165, 1.54) is 30.7 Å². The SMILES string of the molecule is Nc1cc([N+](=O)[O-])ccc1-c1nc(-c2ccoc2)no1. The summed E-state index contributed by atoms with van der Waals surface area (Å²) in [5.74, 6) is 0.542. The Kier molecular flexibility index (Phi) is 2.68. The number of anilines is 1. The van der Waals surface area contributed by atoms with E-state index in [9.17, 15) is 10.1 Å². The second-order valence-electron chi connectivity index (χ2n) is 3.96. The first-order valence-electron chi connectivity index (χ1n) is 5.56. The number of furan rings is 1. The number of non-ortho nitro benzene ring substituents is 1. The largest absolute Gasteiger partial charge is 0.472 e. The summed E-state index contributed by atoms with van der Waals surface area (Å²) in [6.45, 7) is 0. The molecule has 3 rings (SSSR count). The number of nitrogen functional groups attached to an aromatic ring is 1. The second-order valence-corrected chi connectivity index (χ2v) is 3.96. The van der Waals surface area contributed by atoms with Crippen LogP contribution in [0.4, 0.5) is 11.4 Å². The van der Waals surface area contributed by atoms with E-state index < -0.39 is 4.92 Å². The smallest absolute Gasteiger partial charge is 0.271 e. The monoisotopic (exact) mass is 272 g/mol. The molecule has 0 bridgehead atoms. The standard InChI is InChI=1S/C12H8N4O4/c13-10-5-8(16(17)18)1-2-9(10)12-14-11(15-20-12)7-3-4-19-6-7/h1-6H,13H2. The Bertz CT molecular complexity index is 764. The molecule has 0 unspecified atom stereocenters.